The standard InChI is InChI=1S/C14H29N3O/c1-4-11(5-2)9-17(6-3)10-14(16,13(15)18)12-7-8-12/h11-12H,4-10,16H2,1-3H3,(H2,15,18). The van der Waals surface area contributed by atoms with Crippen molar-refractivity contribution in [2.45, 2.75) is 52.0 Å². The lowest BCUT2D eigenvalue weighted by atomic mass is 9.92. The molecule has 0 aromatic carbocycles. The summed E-state index contributed by atoms with van der Waals surface area (Å²) in [5.41, 5.74) is 11.0. The molecule has 18 heavy (non-hydrogen) atoms. The third kappa shape index (κ3) is 3.69. The number of nitrogens with zero attached hydrogens (tertiary/aromatic N) is 1. The molecule has 1 aliphatic rings. The van der Waals surface area contributed by atoms with Crippen LogP contribution in [0.25, 0.3) is 0 Å². The van der Waals surface area contributed by atoms with Gasteiger partial charge in [0.25, 0.3) is 0 Å². The van der Waals surface area contributed by atoms with E-state index < -0.39 is 5.54 Å². The van der Waals surface area contributed by atoms with Crippen LogP contribution >= 0.6 is 0 Å². The largest absolute Gasteiger partial charge is 0.368 e. The summed E-state index contributed by atoms with van der Waals surface area (Å²) in [5.74, 6) is 0.639. The predicted octanol–water partition coefficient (Wildman–Crippen LogP) is 1.34. The fraction of sp³-hybridized carbons (Fsp3) is 0.929. The maximum atomic E-state index is 11.6. The van der Waals surface area contributed by atoms with E-state index in [-0.39, 0.29) is 5.91 Å². The quantitative estimate of drug-likeness (QED) is 0.653. The molecule has 0 aromatic rings. The van der Waals surface area contributed by atoms with Crippen molar-refractivity contribution in [3.63, 3.8) is 0 Å². The Hall–Kier alpha value is -0.610. The highest BCUT2D eigenvalue weighted by atomic mass is 16.1. The van der Waals surface area contributed by atoms with Gasteiger partial charge in [0.05, 0.1) is 0 Å². The summed E-state index contributed by atoms with van der Waals surface area (Å²) < 4.78 is 0. The van der Waals surface area contributed by atoms with Gasteiger partial charge in [-0.2, -0.15) is 0 Å². The van der Waals surface area contributed by atoms with Gasteiger partial charge in [-0.25, -0.2) is 0 Å². The van der Waals surface area contributed by atoms with Gasteiger partial charge in [0.2, 0.25) is 5.91 Å². The minimum absolute atomic E-state index is 0.297. The van der Waals surface area contributed by atoms with Crippen molar-refractivity contribution < 1.29 is 4.79 Å². The maximum Gasteiger partial charge on any atom is 0.239 e. The van der Waals surface area contributed by atoms with Crippen LogP contribution < -0.4 is 11.5 Å². The molecule has 0 bridgehead atoms. The van der Waals surface area contributed by atoms with Crippen molar-refractivity contribution in [3.05, 3.63) is 0 Å². The lowest BCUT2D eigenvalue weighted by Crippen LogP contribution is -2.61. The van der Waals surface area contributed by atoms with E-state index in [9.17, 15) is 4.79 Å². The second kappa shape index (κ2) is 6.53. The predicted molar refractivity (Wildman–Crippen MR) is 75.0 cm³/mol. The van der Waals surface area contributed by atoms with E-state index in [4.69, 9.17) is 11.5 Å². The van der Waals surface area contributed by atoms with Crippen LogP contribution in [0.15, 0.2) is 0 Å². The van der Waals surface area contributed by atoms with Crippen LogP contribution in [0.2, 0.25) is 0 Å². The summed E-state index contributed by atoms with van der Waals surface area (Å²) in [6.07, 6.45) is 4.43. The van der Waals surface area contributed by atoms with E-state index in [1.807, 2.05) is 0 Å². The SMILES string of the molecule is CCC(CC)CN(CC)CC(N)(C(N)=O)C1CC1. The van der Waals surface area contributed by atoms with Crippen LogP contribution in [0.5, 0.6) is 0 Å². The molecule has 0 aliphatic heterocycles. The third-order valence-electron chi connectivity index (χ3n) is 4.37. The highest BCUT2D eigenvalue weighted by molar-refractivity contribution is 5.85. The molecule has 1 fully saturated rings. The smallest absolute Gasteiger partial charge is 0.239 e. The molecule has 1 rings (SSSR count). The molecule has 106 valence electrons. The minimum atomic E-state index is -0.817. The van der Waals surface area contributed by atoms with Gasteiger partial charge in [-0.1, -0.05) is 33.6 Å². The summed E-state index contributed by atoms with van der Waals surface area (Å²) in [6, 6.07) is 0. The first-order chi connectivity index (χ1) is 8.47. The molecule has 0 heterocycles. The van der Waals surface area contributed by atoms with Crippen LogP contribution in [0.3, 0.4) is 0 Å². The molecule has 1 amide bonds. The van der Waals surface area contributed by atoms with Crippen LogP contribution in [-0.2, 0) is 4.79 Å². The summed E-state index contributed by atoms with van der Waals surface area (Å²) >= 11 is 0. The summed E-state index contributed by atoms with van der Waals surface area (Å²) in [6.45, 7) is 9.11. The fourth-order valence-corrected chi connectivity index (χ4v) is 2.59. The van der Waals surface area contributed by atoms with E-state index >= 15 is 0 Å². The monoisotopic (exact) mass is 255 g/mol. The molecule has 1 aliphatic carbocycles. The summed E-state index contributed by atoms with van der Waals surface area (Å²) in [7, 11) is 0. The second-order valence-electron chi connectivity index (χ2n) is 5.69. The lowest BCUT2D eigenvalue weighted by Gasteiger charge is -2.34. The van der Waals surface area contributed by atoms with E-state index in [1.165, 1.54) is 12.8 Å². The minimum Gasteiger partial charge on any atom is -0.368 e. The Morgan fingerprint density at radius 2 is 1.89 bits per heavy atom. The first-order valence-electron chi connectivity index (χ1n) is 7.28. The lowest BCUT2D eigenvalue weighted by molar-refractivity contribution is -0.124. The van der Waals surface area contributed by atoms with Gasteiger partial charge in [0.1, 0.15) is 5.54 Å². The molecule has 0 saturated heterocycles. The van der Waals surface area contributed by atoms with Crippen LogP contribution in [-0.4, -0.2) is 36.0 Å². The van der Waals surface area contributed by atoms with Gasteiger partial charge in [-0.05, 0) is 31.2 Å². The van der Waals surface area contributed by atoms with Crippen molar-refractivity contribution >= 4 is 5.91 Å². The van der Waals surface area contributed by atoms with Gasteiger partial charge in [-0.15, -0.1) is 0 Å². The van der Waals surface area contributed by atoms with Gasteiger partial charge < -0.3 is 16.4 Å². The molecule has 1 saturated carbocycles. The second-order valence-corrected chi connectivity index (χ2v) is 5.69. The van der Waals surface area contributed by atoms with Crippen molar-refractivity contribution in [2.24, 2.45) is 23.3 Å². The van der Waals surface area contributed by atoms with E-state index in [0.717, 1.165) is 25.9 Å². The Bertz CT molecular complexity index is 274. The number of likely N-dealkylation sites (N-methyl/N-ethyl adjacent to an activating group) is 1. The van der Waals surface area contributed by atoms with Crippen molar-refractivity contribution in [2.75, 3.05) is 19.6 Å². The normalized spacial score (nSPS) is 19.2. The molecule has 1 unspecified atom stereocenters. The Balaban J connectivity index is 2.62. The third-order valence-corrected chi connectivity index (χ3v) is 4.37. The van der Waals surface area contributed by atoms with E-state index in [1.54, 1.807) is 0 Å². The Morgan fingerprint density at radius 1 is 1.33 bits per heavy atom. The molecular weight excluding hydrogens is 226 g/mol. The molecule has 4 heteroatoms. The van der Waals surface area contributed by atoms with E-state index in [0.29, 0.717) is 18.4 Å². The van der Waals surface area contributed by atoms with Gasteiger partial charge in [0, 0.05) is 13.1 Å². The summed E-state index contributed by atoms with van der Waals surface area (Å²) in [4.78, 5) is 13.9. The number of carbonyl (C=O) groups is 1. The van der Waals surface area contributed by atoms with Crippen LogP contribution in [0, 0.1) is 11.8 Å². The van der Waals surface area contributed by atoms with Gasteiger partial charge >= 0.3 is 0 Å². The van der Waals surface area contributed by atoms with Gasteiger partial charge in [-0.3, -0.25) is 4.79 Å². The molecule has 4 N–H and O–H groups in total. The zero-order valence-electron chi connectivity index (χ0n) is 12.1. The zero-order chi connectivity index (χ0) is 13.8. The van der Waals surface area contributed by atoms with Crippen LogP contribution in [0.4, 0.5) is 0 Å². The Kier molecular flexibility index (Phi) is 5.60. The first kappa shape index (κ1) is 15.4. The number of carbonyl (C=O) groups excluding carboxylic acids is 1. The number of amides is 1. The summed E-state index contributed by atoms with van der Waals surface area (Å²) in [5, 5.41) is 0. The highest BCUT2D eigenvalue weighted by Gasteiger charge is 2.47. The number of hydrogen-bond acceptors (Lipinski definition) is 3. The molecule has 0 spiro atoms. The van der Waals surface area contributed by atoms with Crippen molar-refractivity contribution in [1.29, 1.82) is 0 Å². The molecule has 1 atom stereocenters. The fourth-order valence-electron chi connectivity index (χ4n) is 2.59. The number of hydrogen-bond donors (Lipinski definition) is 2. The molecular formula is C14H29N3O. The van der Waals surface area contributed by atoms with Crippen LogP contribution in [0.1, 0.15) is 46.5 Å². The maximum absolute atomic E-state index is 11.6. The molecule has 4 nitrogen and oxygen atoms in total. The number of primary amides is 1. The first-order valence-corrected chi connectivity index (χ1v) is 7.28. The Morgan fingerprint density at radius 3 is 2.22 bits per heavy atom. The average Bonchev–Trinajstić information content (AvgIpc) is 3.18. The average molecular weight is 255 g/mol. The molecule has 0 radical (unpaired) electrons. The van der Waals surface area contributed by atoms with Crippen molar-refractivity contribution in [3.8, 4) is 0 Å². The number of rotatable bonds is 9. The number of nitrogens with two attached hydrogens (primary N) is 2. The van der Waals surface area contributed by atoms with E-state index in [2.05, 4.69) is 25.7 Å². The molecule has 0 aromatic heterocycles. The highest BCUT2D eigenvalue weighted by Crippen LogP contribution is 2.38. The topological polar surface area (TPSA) is 72.3 Å². The zero-order valence-corrected chi connectivity index (χ0v) is 12.1. The Labute approximate surface area is 111 Å². The van der Waals surface area contributed by atoms with Crippen molar-refractivity contribution in [1.82, 2.24) is 4.90 Å². The van der Waals surface area contributed by atoms with Gasteiger partial charge in [0.15, 0.2) is 0 Å².